The lowest BCUT2D eigenvalue weighted by molar-refractivity contribution is 0.529. The number of hydrogen-bond acceptors (Lipinski definition) is 9. The van der Waals surface area contributed by atoms with Gasteiger partial charge in [0.15, 0.2) is 4.34 Å². The predicted octanol–water partition coefficient (Wildman–Crippen LogP) is 4.24. The van der Waals surface area contributed by atoms with Crippen LogP contribution in [0.3, 0.4) is 0 Å². The van der Waals surface area contributed by atoms with E-state index >= 15 is 0 Å². The number of anilines is 1. The fraction of sp³-hybridized carbons (Fsp3) is 0.429. The molecule has 3 aromatic rings. The van der Waals surface area contributed by atoms with Gasteiger partial charge in [-0.25, -0.2) is 0 Å². The minimum absolute atomic E-state index is 0.596. The van der Waals surface area contributed by atoms with E-state index in [1.165, 1.54) is 21.8 Å². The molecule has 23 heavy (non-hydrogen) atoms. The summed E-state index contributed by atoms with van der Waals surface area (Å²) in [5.41, 5.74) is 1.28. The molecule has 0 spiro atoms. The van der Waals surface area contributed by atoms with Gasteiger partial charge in [0.1, 0.15) is 0 Å². The monoisotopic (exact) mass is 367 g/mol. The first-order chi connectivity index (χ1) is 11.2. The van der Waals surface area contributed by atoms with Gasteiger partial charge in [-0.15, -0.1) is 31.7 Å². The summed E-state index contributed by atoms with van der Waals surface area (Å²) in [7, 11) is 0. The average Bonchev–Trinajstić information content (AvgIpc) is 3.25. The van der Waals surface area contributed by atoms with Gasteiger partial charge in [0.25, 0.3) is 5.89 Å². The first-order valence-corrected chi connectivity index (χ1v) is 9.93. The summed E-state index contributed by atoms with van der Waals surface area (Å²) in [5, 5.41) is 20.5. The number of aryl methyl sites for hydroxylation is 2. The number of thioether (sulfide) groups is 1. The Labute approximate surface area is 146 Å². The van der Waals surface area contributed by atoms with Gasteiger partial charge in [-0.3, -0.25) is 0 Å². The molecule has 1 N–H and O–H groups in total. The Kier molecular flexibility index (Phi) is 5.29. The number of rotatable bonds is 7. The maximum Gasteiger partial charge on any atom is 0.257 e. The van der Waals surface area contributed by atoms with E-state index in [2.05, 4.69) is 45.6 Å². The average molecular weight is 368 g/mol. The van der Waals surface area contributed by atoms with Crippen LogP contribution in [0.1, 0.15) is 30.2 Å². The molecule has 3 aromatic heterocycles. The number of aromatic nitrogens is 4. The Balaban J connectivity index is 1.64. The van der Waals surface area contributed by atoms with Crippen LogP contribution in [0.15, 0.2) is 14.8 Å². The molecule has 0 bridgehead atoms. The highest BCUT2D eigenvalue weighted by Gasteiger charge is 2.14. The van der Waals surface area contributed by atoms with E-state index in [-0.39, 0.29) is 0 Å². The van der Waals surface area contributed by atoms with Crippen molar-refractivity contribution in [1.29, 1.82) is 0 Å². The highest BCUT2D eigenvalue weighted by atomic mass is 32.2. The minimum Gasteiger partial charge on any atom is -0.419 e. The molecule has 0 unspecified atom stereocenters. The smallest absolute Gasteiger partial charge is 0.257 e. The molecule has 0 saturated carbocycles. The maximum atomic E-state index is 5.77. The van der Waals surface area contributed by atoms with Crippen LogP contribution in [0, 0.1) is 6.92 Å². The zero-order valence-electron chi connectivity index (χ0n) is 13.1. The van der Waals surface area contributed by atoms with Crippen LogP contribution >= 0.6 is 34.4 Å². The fourth-order valence-electron chi connectivity index (χ4n) is 2.00. The number of thiophene rings is 1. The van der Waals surface area contributed by atoms with Gasteiger partial charge in [-0.05, 0) is 31.9 Å². The largest absolute Gasteiger partial charge is 0.419 e. The SMILES string of the molecule is CCNc1nnc(SCc2nnc(-c3cc(C)c(CC)s3)o2)s1. The van der Waals surface area contributed by atoms with E-state index in [9.17, 15) is 0 Å². The van der Waals surface area contributed by atoms with E-state index in [0.717, 1.165) is 27.3 Å². The quantitative estimate of drug-likeness (QED) is 0.626. The van der Waals surface area contributed by atoms with Gasteiger partial charge in [0.05, 0.1) is 10.6 Å². The van der Waals surface area contributed by atoms with Crippen molar-refractivity contribution in [3.63, 3.8) is 0 Å². The summed E-state index contributed by atoms with van der Waals surface area (Å²) < 4.78 is 6.66. The van der Waals surface area contributed by atoms with Crippen molar-refractivity contribution in [1.82, 2.24) is 20.4 Å². The molecule has 6 nitrogen and oxygen atoms in total. The molecule has 0 atom stereocenters. The molecular weight excluding hydrogens is 350 g/mol. The molecule has 0 saturated heterocycles. The second kappa shape index (κ2) is 7.41. The molecule has 3 heterocycles. The molecule has 9 heteroatoms. The lowest BCUT2D eigenvalue weighted by atomic mass is 10.2. The molecular formula is C14H17N5OS3. The fourth-order valence-corrected chi connectivity index (χ4v) is 4.69. The first-order valence-electron chi connectivity index (χ1n) is 7.31. The van der Waals surface area contributed by atoms with Gasteiger partial charge >= 0.3 is 0 Å². The number of hydrogen-bond donors (Lipinski definition) is 1. The Morgan fingerprint density at radius 2 is 2.04 bits per heavy atom. The molecule has 0 amide bonds. The van der Waals surface area contributed by atoms with Gasteiger partial charge < -0.3 is 9.73 Å². The third-order valence-electron chi connectivity index (χ3n) is 3.07. The third-order valence-corrected chi connectivity index (χ3v) is 6.44. The molecule has 0 aliphatic heterocycles. The van der Waals surface area contributed by atoms with Crippen LogP contribution in [0.2, 0.25) is 0 Å². The molecule has 3 rings (SSSR count). The summed E-state index contributed by atoms with van der Waals surface area (Å²) >= 11 is 4.80. The third kappa shape index (κ3) is 3.91. The number of nitrogens with zero attached hydrogens (tertiary/aromatic N) is 4. The molecule has 0 aliphatic rings. The Morgan fingerprint density at radius 3 is 2.78 bits per heavy atom. The Bertz CT molecular complexity index is 779. The van der Waals surface area contributed by atoms with Crippen LogP contribution in [0.5, 0.6) is 0 Å². The molecule has 122 valence electrons. The zero-order chi connectivity index (χ0) is 16.2. The van der Waals surface area contributed by atoms with Crippen LogP contribution < -0.4 is 5.32 Å². The summed E-state index contributed by atoms with van der Waals surface area (Å²) in [6.07, 6.45) is 1.03. The normalized spacial score (nSPS) is 11.1. The van der Waals surface area contributed by atoms with E-state index in [1.54, 1.807) is 23.1 Å². The van der Waals surface area contributed by atoms with Crippen molar-refractivity contribution < 1.29 is 4.42 Å². The summed E-state index contributed by atoms with van der Waals surface area (Å²) in [6, 6.07) is 2.11. The van der Waals surface area contributed by atoms with E-state index in [4.69, 9.17) is 4.42 Å². The Hall–Kier alpha value is -1.45. The van der Waals surface area contributed by atoms with E-state index < -0.39 is 0 Å². The van der Waals surface area contributed by atoms with Crippen LogP contribution in [0.25, 0.3) is 10.8 Å². The van der Waals surface area contributed by atoms with Crippen LogP contribution in [-0.2, 0) is 12.2 Å². The highest BCUT2D eigenvalue weighted by molar-refractivity contribution is 8.00. The van der Waals surface area contributed by atoms with Crippen LogP contribution in [-0.4, -0.2) is 26.9 Å². The van der Waals surface area contributed by atoms with Gasteiger partial charge in [-0.1, -0.05) is 30.0 Å². The maximum absolute atomic E-state index is 5.77. The minimum atomic E-state index is 0.596. The second-order valence-electron chi connectivity index (χ2n) is 4.76. The zero-order valence-corrected chi connectivity index (χ0v) is 15.6. The summed E-state index contributed by atoms with van der Waals surface area (Å²) in [4.78, 5) is 2.40. The highest BCUT2D eigenvalue weighted by Crippen LogP contribution is 2.32. The second-order valence-corrected chi connectivity index (χ2v) is 8.10. The van der Waals surface area contributed by atoms with Crippen molar-refractivity contribution in [2.45, 2.75) is 37.3 Å². The van der Waals surface area contributed by atoms with Crippen molar-refractivity contribution in [2.24, 2.45) is 0 Å². The lowest BCUT2D eigenvalue weighted by Gasteiger charge is -1.92. The molecule has 0 aromatic carbocycles. The Morgan fingerprint density at radius 1 is 1.17 bits per heavy atom. The lowest BCUT2D eigenvalue weighted by Crippen LogP contribution is -1.94. The van der Waals surface area contributed by atoms with Crippen LogP contribution in [0.4, 0.5) is 5.13 Å². The first kappa shape index (κ1) is 16.4. The summed E-state index contributed by atoms with van der Waals surface area (Å²) in [6.45, 7) is 7.14. The summed E-state index contributed by atoms with van der Waals surface area (Å²) in [5.74, 6) is 1.80. The van der Waals surface area contributed by atoms with Crippen molar-refractivity contribution in [3.05, 3.63) is 22.4 Å². The number of nitrogens with one attached hydrogen (secondary N) is 1. The van der Waals surface area contributed by atoms with Crippen molar-refractivity contribution in [3.8, 4) is 10.8 Å². The van der Waals surface area contributed by atoms with Crippen molar-refractivity contribution >= 4 is 39.6 Å². The molecule has 0 radical (unpaired) electrons. The topological polar surface area (TPSA) is 76.7 Å². The standard InChI is InChI=1S/C14H17N5OS3/c1-4-9-8(3)6-10(22-9)12-17-16-11(20-12)7-21-14-19-18-13(23-14)15-5-2/h6H,4-5,7H2,1-3H3,(H,15,18). The molecule has 0 fully saturated rings. The van der Waals surface area contributed by atoms with E-state index in [1.807, 2.05) is 6.92 Å². The van der Waals surface area contributed by atoms with Gasteiger partial charge in [-0.2, -0.15) is 0 Å². The van der Waals surface area contributed by atoms with E-state index in [0.29, 0.717) is 17.5 Å². The van der Waals surface area contributed by atoms with Crippen molar-refractivity contribution in [2.75, 3.05) is 11.9 Å². The van der Waals surface area contributed by atoms with Gasteiger partial charge in [0.2, 0.25) is 11.0 Å². The molecule has 0 aliphatic carbocycles. The predicted molar refractivity (Wildman–Crippen MR) is 95.4 cm³/mol. The van der Waals surface area contributed by atoms with Gasteiger partial charge in [0, 0.05) is 11.4 Å².